The van der Waals surface area contributed by atoms with Gasteiger partial charge < -0.3 is 16.4 Å². The van der Waals surface area contributed by atoms with E-state index in [1.165, 1.54) is 30.6 Å². The topological polar surface area (TPSA) is 140 Å². The third-order valence-electron chi connectivity index (χ3n) is 5.84. The molecule has 4 rings (SSSR count). The molecule has 1 aliphatic rings. The zero-order valence-corrected chi connectivity index (χ0v) is 19.3. The summed E-state index contributed by atoms with van der Waals surface area (Å²) in [7, 11) is -3.78. The number of nitrogens with one attached hydrogen (secondary N) is 2. The fourth-order valence-electron chi connectivity index (χ4n) is 3.46. The molecule has 0 spiro atoms. The van der Waals surface area contributed by atoms with Crippen LogP contribution in [0.25, 0.3) is 11.4 Å². The second-order valence-electron chi connectivity index (χ2n) is 8.50. The van der Waals surface area contributed by atoms with Gasteiger partial charge in [-0.25, -0.2) is 23.2 Å². The Kier molecular flexibility index (Phi) is 6.03. The molecule has 172 valence electrons. The molecule has 0 bridgehead atoms. The molecule has 2 amide bonds. The number of anilines is 2. The summed E-state index contributed by atoms with van der Waals surface area (Å²) in [6.45, 7) is 3.17. The van der Waals surface area contributed by atoms with Crippen molar-refractivity contribution >= 4 is 27.4 Å². The number of nitrogen functional groups attached to an aromatic ring is 1. The van der Waals surface area contributed by atoms with Crippen LogP contribution < -0.4 is 16.4 Å². The summed E-state index contributed by atoms with van der Waals surface area (Å²) in [5.74, 6) is 0.462. The number of pyridine rings is 1. The van der Waals surface area contributed by atoms with Gasteiger partial charge in [0.25, 0.3) is 0 Å². The minimum absolute atomic E-state index is 0.150. The Morgan fingerprint density at radius 1 is 1.06 bits per heavy atom. The summed E-state index contributed by atoms with van der Waals surface area (Å²) in [5, 5.41) is 5.72. The molecule has 3 aromatic rings. The third-order valence-corrected chi connectivity index (χ3v) is 8.28. The van der Waals surface area contributed by atoms with Crippen LogP contribution in [0.1, 0.15) is 38.8 Å². The zero-order chi connectivity index (χ0) is 23.6. The van der Waals surface area contributed by atoms with Gasteiger partial charge in [0.1, 0.15) is 10.6 Å². The average Bonchev–Trinajstić information content (AvgIpc) is 2.77. The maximum absolute atomic E-state index is 13.3. The Hall–Kier alpha value is -3.53. The van der Waals surface area contributed by atoms with Crippen LogP contribution in [0.5, 0.6) is 0 Å². The first-order chi connectivity index (χ1) is 15.7. The van der Waals surface area contributed by atoms with Gasteiger partial charge in [-0.15, -0.1) is 0 Å². The van der Waals surface area contributed by atoms with Crippen LogP contribution in [-0.2, 0) is 14.6 Å². The number of nitrogens with two attached hydrogens (primary N) is 1. The van der Waals surface area contributed by atoms with Gasteiger partial charge in [0.15, 0.2) is 15.7 Å². The smallest absolute Gasteiger partial charge is 0.319 e. The minimum Gasteiger partial charge on any atom is -0.384 e. The van der Waals surface area contributed by atoms with Gasteiger partial charge >= 0.3 is 6.03 Å². The number of urea groups is 1. The molecule has 2 aromatic heterocycles. The summed E-state index contributed by atoms with van der Waals surface area (Å²) < 4.78 is 25.2. The predicted molar refractivity (Wildman–Crippen MR) is 126 cm³/mol. The number of sulfone groups is 1. The van der Waals surface area contributed by atoms with Crippen LogP contribution in [0.4, 0.5) is 16.3 Å². The fraction of sp³-hybridized carbons (Fsp3) is 0.304. The molecule has 0 atom stereocenters. The summed E-state index contributed by atoms with van der Waals surface area (Å²) in [6, 6.07) is 11.4. The molecule has 1 fully saturated rings. The Bertz CT molecular complexity index is 1260. The van der Waals surface area contributed by atoms with E-state index in [9.17, 15) is 13.2 Å². The van der Waals surface area contributed by atoms with E-state index in [0.29, 0.717) is 17.1 Å². The second-order valence-corrected chi connectivity index (χ2v) is 11.0. The number of hydrogen-bond acceptors (Lipinski definition) is 7. The number of carbonyl (C=O) groups excluding carboxylic acids is 1. The number of hydrogen-bond donors (Lipinski definition) is 3. The van der Waals surface area contributed by atoms with Gasteiger partial charge in [-0.2, -0.15) is 0 Å². The second kappa shape index (κ2) is 8.78. The Balaban J connectivity index is 1.58. The van der Waals surface area contributed by atoms with Crippen LogP contribution in [0.3, 0.4) is 0 Å². The number of nitrogens with zero attached hydrogens (tertiary/aromatic N) is 3. The zero-order valence-electron chi connectivity index (χ0n) is 18.4. The summed E-state index contributed by atoms with van der Waals surface area (Å²) in [5.41, 5.74) is 7.57. The Morgan fingerprint density at radius 2 is 1.73 bits per heavy atom. The van der Waals surface area contributed by atoms with Crippen molar-refractivity contribution in [3.05, 3.63) is 60.6 Å². The normalized spacial score (nSPS) is 14.4. The maximum Gasteiger partial charge on any atom is 0.319 e. The molecule has 2 heterocycles. The molecule has 0 unspecified atom stereocenters. The molecule has 1 aliphatic carbocycles. The Morgan fingerprint density at radius 3 is 2.33 bits per heavy atom. The van der Waals surface area contributed by atoms with E-state index in [-0.39, 0.29) is 28.5 Å². The fourth-order valence-corrected chi connectivity index (χ4v) is 4.91. The van der Waals surface area contributed by atoms with Crippen LogP contribution in [0.2, 0.25) is 0 Å². The molecule has 4 N–H and O–H groups in total. The minimum atomic E-state index is -3.78. The van der Waals surface area contributed by atoms with Crippen molar-refractivity contribution < 1.29 is 13.2 Å². The van der Waals surface area contributed by atoms with E-state index in [1.54, 1.807) is 38.1 Å². The number of carbonyl (C=O) groups is 1. The lowest BCUT2D eigenvalue weighted by Gasteiger charge is -2.26. The average molecular weight is 467 g/mol. The lowest BCUT2D eigenvalue weighted by molar-refractivity contribution is 0.240. The summed E-state index contributed by atoms with van der Waals surface area (Å²) >= 11 is 0. The first kappa shape index (κ1) is 22.7. The van der Waals surface area contributed by atoms with Crippen LogP contribution >= 0.6 is 0 Å². The monoisotopic (exact) mass is 466 g/mol. The van der Waals surface area contributed by atoms with Gasteiger partial charge in [-0.05, 0) is 69.5 Å². The largest absolute Gasteiger partial charge is 0.384 e. The van der Waals surface area contributed by atoms with E-state index >= 15 is 0 Å². The van der Waals surface area contributed by atoms with Crippen molar-refractivity contribution in [2.45, 2.75) is 48.8 Å². The number of benzene rings is 1. The SMILES string of the molecule is CC(C)(c1cc(N)nc(-c2ccc(NC(=O)NC3CCC3)cc2)n1)S(=O)(=O)c1ccncc1. The molecule has 10 heteroatoms. The van der Waals surface area contributed by atoms with E-state index in [2.05, 4.69) is 25.6 Å². The van der Waals surface area contributed by atoms with Crippen molar-refractivity contribution in [1.29, 1.82) is 0 Å². The first-order valence-corrected chi connectivity index (χ1v) is 12.1. The Labute approximate surface area is 192 Å². The van der Waals surface area contributed by atoms with Gasteiger partial charge in [0.2, 0.25) is 0 Å². The van der Waals surface area contributed by atoms with E-state index in [4.69, 9.17) is 5.73 Å². The highest BCUT2D eigenvalue weighted by atomic mass is 32.2. The highest BCUT2D eigenvalue weighted by molar-refractivity contribution is 7.92. The van der Waals surface area contributed by atoms with Crippen molar-refractivity contribution in [2.75, 3.05) is 11.1 Å². The molecule has 0 radical (unpaired) electrons. The summed E-state index contributed by atoms with van der Waals surface area (Å²) in [4.78, 5) is 24.9. The molecule has 0 aliphatic heterocycles. The van der Waals surface area contributed by atoms with Crippen LogP contribution in [-0.4, -0.2) is 35.4 Å². The molecular weight excluding hydrogens is 440 g/mol. The van der Waals surface area contributed by atoms with E-state index in [1.807, 2.05) is 0 Å². The van der Waals surface area contributed by atoms with Crippen molar-refractivity contribution in [3.63, 3.8) is 0 Å². The maximum atomic E-state index is 13.3. The molecule has 1 aromatic carbocycles. The lowest BCUT2D eigenvalue weighted by Crippen LogP contribution is -2.41. The highest BCUT2D eigenvalue weighted by Gasteiger charge is 2.39. The van der Waals surface area contributed by atoms with E-state index in [0.717, 1.165) is 19.3 Å². The van der Waals surface area contributed by atoms with Gasteiger partial charge in [0, 0.05) is 35.8 Å². The molecule has 1 saturated carbocycles. The molecule has 0 saturated heterocycles. The quantitative estimate of drug-likeness (QED) is 0.505. The number of aromatic nitrogens is 3. The van der Waals surface area contributed by atoms with Crippen molar-refractivity contribution in [1.82, 2.24) is 20.3 Å². The van der Waals surface area contributed by atoms with Crippen LogP contribution in [0, 0.1) is 0 Å². The highest BCUT2D eigenvalue weighted by Crippen LogP contribution is 2.35. The molecule has 33 heavy (non-hydrogen) atoms. The lowest BCUT2D eigenvalue weighted by atomic mass is 9.93. The molecular formula is C23H26N6O3S. The van der Waals surface area contributed by atoms with Crippen molar-refractivity contribution in [2.24, 2.45) is 0 Å². The van der Waals surface area contributed by atoms with E-state index < -0.39 is 14.6 Å². The van der Waals surface area contributed by atoms with Crippen LogP contribution in [0.15, 0.2) is 59.8 Å². The number of amides is 2. The first-order valence-electron chi connectivity index (χ1n) is 10.6. The van der Waals surface area contributed by atoms with Gasteiger partial charge in [0.05, 0.1) is 10.6 Å². The number of rotatable bonds is 6. The van der Waals surface area contributed by atoms with Crippen molar-refractivity contribution in [3.8, 4) is 11.4 Å². The van der Waals surface area contributed by atoms with Gasteiger partial charge in [-0.3, -0.25) is 4.98 Å². The standard InChI is InChI=1S/C23H26N6O3S/c1-23(2,33(31,32)18-10-12-25-13-11-18)19-14-20(24)29-21(28-19)15-6-8-17(9-7-15)27-22(30)26-16-4-3-5-16/h6-14,16H,3-5H2,1-2H3,(H2,24,28,29)(H2,26,27,30). The summed E-state index contributed by atoms with van der Waals surface area (Å²) in [6.07, 6.45) is 6.03. The predicted octanol–water partition coefficient (Wildman–Crippen LogP) is 3.50. The molecule has 9 nitrogen and oxygen atoms in total. The van der Waals surface area contributed by atoms with Gasteiger partial charge in [-0.1, -0.05) is 0 Å². The third kappa shape index (κ3) is 4.65.